The molecule has 3 heteroatoms. The molecule has 16 heavy (non-hydrogen) atoms. The third-order valence-electron chi connectivity index (χ3n) is 1.71. The number of rotatable bonds is 2. The maximum atomic E-state index is 5.61. The first-order valence-electron chi connectivity index (χ1n) is 5.78. The molecule has 0 unspecified atom stereocenters. The Hall–Kier alpha value is -1.12. The Balaban J connectivity index is 0. The number of ether oxygens (including phenoxy) is 1. The Bertz CT molecular complexity index is 275. The summed E-state index contributed by atoms with van der Waals surface area (Å²) in [5.41, 5.74) is 2.07. The molecule has 0 atom stereocenters. The van der Waals surface area contributed by atoms with Gasteiger partial charge in [0.2, 0.25) is 7.98 Å². The maximum absolute atomic E-state index is 5.61. The Labute approximate surface area is 102 Å². The van der Waals surface area contributed by atoms with Gasteiger partial charge in [-0.25, -0.2) is 0 Å². The molecule has 0 saturated heterocycles. The number of aryl methyl sites for hydroxylation is 1. The number of nitrogens with zero attached hydrogens (tertiary/aromatic N) is 1. The average Bonchev–Trinajstić information content (AvgIpc) is 2.34. The molecule has 0 fully saturated rings. The van der Waals surface area contributed by atoms with Crippen molar-refractivity contribution in [1.29, 1.82) is 0 Å². The molecule has 0 aliphatic heterocycles. The van der Waals surface area contributed by atoms with Gasteiger partial charge in [-0.1, -0.05) is 33.8 Å². The zero-order valence-electron chi connectivity index (χ0n) is 11.7. The SMILES string of the molecule is CC.CC.[B]N(C)c1cc(C)ccc1OC. The van der Waals surface area contributed by atoms with E-state index in [4.69, 9.17) is 12.7 Å². The second kappa shape index (κ2) is 10.4. The first kappa shape index (κ1) is 17.3. The lowest BCUT2D eigenvalue weighted by molar-refractivity contribution is 0.416. The van der Waals surface area contributed by atoms with Crippen LogP contribution in [0.4, 0.5) is 5.69 Å². The summed E-state index contributed by atoms with van der Waals surface area (Å²) in [4.78, 5) is 1.55. The molecule has 0 heterocycles. The summed E-state index contributed by atoms with van der Waals surface area (Å²) in [6, 6.07) is 5.89. The molecule has 0 amide bonds. The molecule has 1 rings (SSSR count). The standard InChI is InChI=1S/C9H12BNO.2C2H6/c1-7-4-5-9(12-3)8(6-7)11(2)10;2*1-2/h4-6H,1-3H3;2*1-2H3. The van der Waals surface area contributed by atoms with Crippen LogP contribution < -0.4 is 9.55 Å². The molecule has 90 valence electrons. The first-order chi connectivity index (χ1) is 7.65. The van der Waals surface area contributed by atoms with E-state index in [2.05, 4.69) is 0 Å². The summed E-state index contributed by atoms with van der Waals surface area (Å²) in [6.07, 6.45) is 0. The lowest BCUT2D eigenvalue weighted by Gasteiger charge is -2.17. The molecule has 0 aromatic heterocycles. The summed E-state index contributed by atoms with van der Waals surface area (Å²) in [6.45, 7) is 10.0. The van der Waals surface area contributed by atoms with Gasteiger partial charge in [0.1, 0.15) is 5.75 Å². The van der Waals surface area contributed by atoms with Crippen molar-refractivity contribution >= 4 is 13.7 Å². The molecule has 1 aromatic carbocycles. The van der Waals surface area contributed by atoms with Crippen molar-refractivity contribution in [3.63, 3.8) is 0 Å². The average molecular weight is 221 g/mol. The zero-order valence-corrected chi connectivity index (χ0v) is 11.7. The number of methoxy groups -OCH3 is 1. The van der Waals surface area contributed by atoms with Gasteiger partial charge in [0.25, 0.3) is 0 Å². The fourth-order valence-corrected chi connectivity index (χ4v) is 1.08. The quantitative estimate of drug-likeness (QED) is 0.708. The van der Waals surface area contributed by atoms with Crippen LogP contribution in [0.3, 0.4) is 0 Å². The molecular formula is C13H24BNO. The Morgan fingerprint density at radius 1 is 1.12 bits per heavy atom. The largest absolute Gasteiger partial charge is 0.495 e. The topological polar surface area (TPSA) is 12.5 Å². The highest BCUT2D eigenvalue weighted by Crippen LogP contribution is 2.26. The van der Waals surface area contributed by atoms with Gasteiger partial charge < -0.3 is 9.55 Å². The van der Waals surface area contributed by atoms with Crippen molar-refractivity contribution in [2.24, 2.45) is 0 Å². The van der Waals surface area contributed by atoms with E-state index in [1.54, 1.807) is 19.0 Å². The number of hydrogen-bond acceptors (Lipinski definition) is 2. The zero-order chi connectivity index (χ0) is 13.1. The van der Waals surface area contributed by atoms with Crippen LogP contribution in [-0.4, -0.2) is 22.1 Å². The van der Waals surface area contributed by atoms with Crippen molar-refractivity contribution < 1.29 is 4.74 Å². The second-order valence-electron chi connectivity index (χ2n) is 2.79. The molecular weight excluding hydrogens is 197 g/mol. The van der Waals surface area contributed by atoms with Crippen LogP contribution in [0.2, 0.25) is 0 Å². The van der Waals surface area contributed by atoms with Crippen LogP contribution in [0.5, 0.6) is 5.75 Å². The number of benzene rings is 1. The lowest BCUT2D eigenvalue weighted by atomic mass is 10.1. The van der Waals surface area contributed by atoms with E-state index in [1.807, 2.05) is 52.8 Å². The highest BCUT2D eigenvalue weighted by molar-refractivity contribution is 6.18. The molecule has 0 aliphatic rings. The van der Waals surface area contributed by atoms with Gasteiger partial charge in [-0.05, 0) is 31.7 Å². The van der Waals surface area contributed by atoms with Crippen molar-refractivity contribution in [2.75, 3.05) is 19.0 Å². The Morgan fingerprint density at radius 2 is 1.62 bits per heavy atom. The lowest BCUT2D eigenvalue weighted by Crippen LogP contribution is -2.12. The summed E-state index contributed by atoms with van der Waals surface area (Å²) >= 11 is 0. The predicted molar refractivity (Wildman–Crippen MR) is 74.6 cm³/mol. The second-order valence-corrected chi connectivity index (χ2v) is 2.79. The number of anilines is 1. The monoisotopic (exact) mass is 221 g/mol. The minimum Gasteiger partial charge on any atom is -0.495 e. The van der Waals surface area contributed by atoms with Gasteiger partial charge in [-0.2, -0.15) is 0 Å². The third kappa shape index (κ3) is 5.69. The highest BCUT2D eigenvalue weighted by atomic mass is 16.5. The van der Waals surface area contributed by atoms with Crippen LogP contribution in [0.15, 0.2) is 18.2 Å². The van der Waals surface area contributed by atoms with Crippen LogP contribution in [0.25, 0.3) is 0 Å². The highest BCUT2D eigenvalue weighted by Gasteiger charge is 2.03. The van der Waals surface area contributed by atoms with E-state index in [0.717, 1.165) is 11.4 Å². The minimum absolute atomic E-state index is 0.797. The fourth-order valence-electron chi connectivity index (χ4n) is 1.08. The molecule has 0 N–H and O–H groups in total. The number of hydrogen-bond donors (Lipinski definition) is 0. The van der Waals surface area contributed by atoms with E-state index < -0.39 is 0 Å². The Morgan fingerprint density at radius 3 is 2.00 bits per heavy atom. The molecule has 2 radical (unpaired) electrons. The summed E-state index contributed by atoms with van der Waals surface area (Å²) in [5.74, 6) is 0.797. The predicted octanol–water partition coefficient (Wildman–Crippen LogP) is 3.58. The molecule has 0 aliphatic carbocycles. The molecule has 0 spiro atoms. The van der Waals surface area contributed by atoms with E-state index >= 15 is 0 Å². The third-order valence-corrected chi connectivity index (χ3v) is 1.71. The van der Waals surface area contributed by atoms with Gasteiger partial charge >= 0.3 is 0 Å². The maximum Gasteiger partial charge on any atom is 0.226 e. The minimum atomic E-state index is 0.797. The Kier molecular flexibility index (Phi) is 11.2. The van der Waals surface area contributed by atoms with E-state index in [1.165, 1.54) is 5.56 Å². The molecule has 0 saturated carbocycles. The van der Waals surface area contributed by atoms with E-state index in [0.29, 0.717) is 0 Å². The van der Waals surface area contributed by atoms with Crippen molar-refractivity contribution in [3.8, 4) is 5.75 Å². The molecule has 2 nitrogen and oxygen atoms in total. The van der Waals surface area contributed by atoms with Crippen molar-refractivity contribution in [2.45, 2.75) is 34.6 Å². The molecule has 0 bridgehead atoms. The summed E-state index contributed by atoms with van der Waals surface area (Å²) in [7, 11) is 9.04. The van der Waals surface area contributed by atoms with Gasteiger partial charge in [0, 0.05) is 0 Å². The summed E-state index contributed by atoms with van der Waals surface area (Å²) in [5, 5.41) is 0. The molecule has 1 aromatic rings. The van der Waals surface area contributed by atoms with Crippen molar-refractivity contribution in [1.82, 2.24) is 0 Å². The van der Waals surface area contributed by atoms with Gasteiger partial charge in [0.15, 0.2) is 0 Å². The first-order valence-corrected chi connectivity index (χ1v) is 5.78. The smallest absolute Gasteiger partial charge is 0.226 e. The fraction of sp³-hybridized carbons (Fsp3) is 0.538. The van der Waals surface area contributed by atoms with Crippen LogP contribution >= 0.6 is 0 Å². The van der Waals surface area contributed by atoms with Crippen LogP contribution in [0.1, 0.15) is 33.3 Å². The van der Waals surface area contributed by atoms with Gasteiger partial charge in [-0.15, -0.1) is 0 Å². The van der Waals surface area contributed by atoms with Gasteiger partial charge in [0.05, 0.1) is 12.8 Å². The van der Waals surface area contributed by atoms with Crippen LogP contribution in [0, 0.1) is 6.92 Å². The normalized spacial score (nSPS) is 7.94. The van der Waals surface area contributed by atoms with E-state index in [-0.39, 0.29) is 0 Å². The summed E-state index contributed by atoms with van der Waals surface area (Å²) < 4.78 is 5.14. The van der Waals surface area contributed by atoms with Gasteiger partial charge in [-0.3, -0.25) is 0 Å². The van der Waals surface area contributed by atoms with E-state index in [9.17, 15) is 0 Å². The van der Waals surface area contributed by atoms with Crippen molar-refractivity contribution in [3.05, 3.63) is 23.8 Å². The van der Waals surface area contributed by atoms with Crippen LogP contribution in [-0.2, 0) is 0 Å².